The first-order valence-corrected chi connectivity index (χ1v) is 5.81. The van der Waals surface area contributed by atoms with E-state index in [1.807, 2.05) is 37.3 Å². The highest BCUT2D eigenvalue weighted by molar-refractivity contribution is 5.89. The van der Waals surface area contributed by atoms with E-state index in [1.165, 1.54) is 0 Å². The molecule has 2 heteroatoms. The van der Waals surface area contributed by atoms with Crippen LogP contribution < -0.4 is 0 Å². The van der Waals surface area contributed by atoms with Gasteiger partial charge in [-0.25, -0.2) is 4.79 Å². The van der Waals surface area contributed by atoms with Crippen LogP contribution >= 0.6 is 0 Å². The Morgan fingerprint density at radius 3 is 2.65 bits per heavy atom. The summed E-state index contributed by atoms with van der Waals surface area (Å²) in [5, 5.41) is 0. The van der Waals surface area contributed by atoms with Crippen molar-refractivity contribution in [3.63, 3.8) is 0 Å². The fourth-order valence-corrected chi connectivity index (χ4v) is 1.43. The lowest BCUT2D eigenvalue weighted by Crippen LogP contribution is -2.04. The second-order valence-electron chi connectivity index (χ2n) is 3.69. The number of carbonyl (C=O) groups is 1. The lowest BCUT2D eigenvalue weighted by Gasteiger charge is -2.07. The van der Waals surface area contributed by atoms with Gasteiger partial charge < -0.3 is 4.74 Å². The van der Waals surface area contributed by atoms with Crippen LogP contribution in [0.15, 0.2) is 54.8 Å². The van der Waals surface area contributed by atoms with Crippen molar-refractivity contribution in [1.82, 2.24) is 0 Å². The van der Waals surface area contributed by atoms with Crippen molar-refractivity contribution in [2.24, 2.45) is 0 Å². The summed E-state index contributed by atoms with van der Waals surface area (Å²) in [6.07, 6.45) is 6.35. The first-order valence-electron chi connectivity index (χ1n) is 5.81. The summed E-state index contributed by atoms with van der Waals surface area (Å²) >= 11 is 0. The number of carbonyl (C=O) groups excluding carboxylic acids is 1. The SMILES string of the molecule is C=CCCC/C(=C/C)OC(=O)c1ccccc1. The minimum absolute atomic E-state index is 0.294. The molecule has 0 aliphatic heterocycles. The van der Waals surface area contributed by atoms with Gasteiger partial charge in [0.2, 0.25) is 0 Å². The molecule has 1 rings (SSSR count). The van der Waals surface area contributed by atoms with Gasteiger partial charge in [0, 0.05) is 6.42 Å². The van der Waals surface area contributed by atoms with Gasteiger partial charge >= 0.3 is 5.97 Å². The van der Waals surface area contributed by atoms with Gasteiger partial charge in [0.05, 0.1) is 5.56 Å². The number of unbranched alkanes of at least 4 members (excludes halogenated alkanes) is 1. The molecule has 0 spiro atoms. The van der Waals surface area contributed by atoms with E-state index in [4.69, 9.17) is 4.74 Å². The maximum atomic E-state index is 11.8. The zero-order valence-electron chi connectivity index (χ0n) is 10.2. The number of allylic oxidation sites excluding steroid dienone is 3. The maximum Gasteiger partial charge on any atom is 0.343 e. The molecular weight excluding hydrogens is 212 g/mol. The van der Waals surface area contributed by atoms with Gasteiger partial charge in [-0.1, -0.05) is 24.3 Å². The highest BCUT2D eigenvalue weighted by Gasteiger charge is 2.08. The van der Waals surface area contributed by atoms with Crippen LogP contribution in [0.2, 0.25) is 0 Å². The number of hydrogen-bond acceptors (Lipinski definition) is 2. The molecule has 0 radical (unpaired) electrons. The predicted molar refractivity (Wildman–Crippen MR) is 69.7 cm³/mol. The fraction of sp³-hybridized carbons (Fsp3) is 0.267. The molecule has 0 heterocycles. The van der Waals surface area contributed by atoms with E-state index in [0.29, 0.717) is 5.56 Å². The van der Waals surface area contributed by atoms with Crippen LogP contribution in [0, 0.1) is 0 Å². The van der Waals surface area contributed by atoms with E-state index in [-0.39, 0.29) is 5.97 Å². The standard InChI is InChI=1S/C15H18O2/c1-3-5-7-12-14(4-2)17-15(16)13-10-8-6-9-11-13/h3-4,6,8-11H,1,5,7,12H2,2H3/b14-4-. The molecule has 0 aromatic heterocycles. The van der Waals surface area contributed by atoms with Crippen molar-refractivity contribution < 1.29 is 9.53 Å². The zero-order valence-corrected chi connectivity index (χ0v) is 10.2. The molecule has 1 aromatic rings. The topological polar surface area (TPSA) is 26.3 Å². The lowest BCUT2D eigenvalue weighted by atomic mass is 10.2. The largest absolute Gasteiger partial charge is 0.428 e. The minimum atomic E-state index is -0.294. The normalized spacial score (nSPS) is 11.0. The third-order valence-electron chi connectivity index (χ3n) is 2.39. The van der Waals surface area contributed by atoms with Crippen LogP contribution in [0.25, 0.3) is 0 Å². The Kier molecular flexibility index (Phi) is 5.80. The van der Waals surface area contributed by atoms with E-state index in [9.17, 15) is 4.79 Å². The molecule has 17 heavy (non-hydrogen) atoms. The van der Waals surface area contributed by atoms with Crippen LogP contribution in [0.5, 0.6) is 0 Å². The van der Waals surface area contributed by atoms with Crippen molar-refractivity contribution >= 4 is 5.97 Å². The van der Waals surface area contributed by atoms with E-state index in [1.54, 1.807) is 12.1 Å². The monoisotopic (exact) mass is 230 g/mol. The summed E-state index contributed by atoms with van der Waals surface area (Å²) in [5.41, 5.74) is 0.579. The summed E-state index contributed by atoms with van der Waals surface area (Å²) in [6, 6.07) is 9.02. The number of hydrogen-bond donors (Lipinski definition) is 0. The summed E-state index contributed by atoms with van der Waals surface area (Å²) in [7, 11) is 0. The van der Waals surface area contributed by atoms with E-state index >= 15 is 0 Å². The van der Waals surface area contributed by atoms with Gasteiger partial charge in [0.15, 0.2) is 0 Å². The highest BCUT2D eigenvalue weighted by atomic mass is 16.5. The molecule has 0 fully saturated rings. The molecule has 0 saturated heterocycles. The van der Waals surface area contributed by atoms with Crippen LogP contribution in [-0.2, 0) is 4.74 Å². The third-order valence-corrected chi connectivity index (χ3v) is 2.39. The van der Waals surface area contributed by atoms with Gasteiger partial charge in [0.1, 0.15) is 5.76 Å². The van der Waals surface area contributed by atoms with Crippen molar-refractivity contribution in [3.8, 4) is 0 Å². The van der Waals surface area contributed by atoms with Crippen LogP contribution in [0.1, 0.15) is 36.5 Å². The van der Waals surface area contributed by atoms with Crippen molar-refractivity contribution in [3.05, 3.63) is 60.4 Å². The first-order chi connectivity index (χ1) is 8.27. The quantitative estimate of drug-likeness (QED) is 0.318. The van der Waals surface area contributed by atoms with Crippen molar-refractivity contribution in [2.75, 3.05) is 0 Å². The summed E-state index contributed by atoms with van der Waals surface area (Å²) in [5.74, 6) is 0.429. The van der Waals surface area contributed by atoms with Gasteiger partial charge in [-0.2, -0.15) is 0 Å². The Morgan fingerprint density at radius 1 is 1.35 bits per heavy atom. The van der Waals surface area contributed by atoms with Crippen LogP contribution in [0.4, 0.5) is 0 Å². The zero-order chi connectivity index (χ0) is 12.5. The second kappa shape index (κ2) is 7.44. The fourth-order valence-electron chi connectivity index (χ4n) is 1.43. The Hall–Kier alpha value is -1.83. The molecule has 0 aliphatic carbocycles. The Labute approximate surface area is 103 Å². The van der Waals surface area contributed by atoms with Crippen LogP contribution in [-0.4, -0.2) is 5.97 Å². The second-order valence-corrected chi connectivity index (χ2v) is 3.69. The molecule has 2 nitrogen and oxygen atoms in total. The molecule has 0 unspecified atom stereocenters. The number of ether oxygens (including phenoxy) is 1. The van der Waals surface area contributed by atoms with Gasteiger partial charge in [-0.3, -0.25) is 0 Å². The van der Waals surface area contributed by atoms with Crippen LogP contribution in [0.3, 0.4) is 0 Å². The van der Waals surface area contributed by atoms with Crippen molar-refractivity contribution in [2.45, 2.75) is 26.2 Å². The van der Waals surface area contributed by atoms with Gasteiger partial charge in [-0.05, 0) is 38.0 Å². The van der Waals surface area contributed by atoms with E-state index in [0.717, 1.165) is 25.0 Å². The average Bonchev–Trinajstić information content (AvgIpc) is 2.38. The Morgan fingerprint density at radius 2 is 2.06 bits per heavy atom. The molecule has 0 amide bonds. The molecule has 0 N–H and O–H groups in total. The maximum absolute atomic E-state index is 11.8. The van der Waals surface area contributed by atoms with E-state index < -0.39 is 0 Å². The third kappa shape index (κ3) is 4.68. The van der Waals surface area contributed by atoms with Gasteiger partial charge in [-0.15, -0.1) is 6.58 Å². The number of esters is 1. The molecule has 0 saturated carbocycles. The molecule has 0 bridgehead atoms. The summed E-state index contributed by atoms with van der Waals surface area (Å²) in [4.78, 5) is 11.8. The van der Waals surface area contributed by atoms with Gasteiger partial charge in [0.25, 0.3) is 0 Å². The molecular formula is C15H18O2. The number of benzene rings is 1. The van der Waals surface area contributed by atoms with E-state index in [2.05, 4.69) is 6.58 Å². The summed E-state index contributed by atoms with van der Waals surface area (Å²) < 4.78 is 5.32. The summed E-state index contributed by atoms with van der Waals surface area (Å²) in [6.45, 7) is 5.54. The minimum Gasteiger partial charge on any atom is -0.428 e. The Balaban J connectivity index is 2.52. The molecule has 0 aliphatic rings. The average molecular weight is 230 g/mol. The smallest absolute Gasteiger partial charge is 0.343 e. The lowest BCUT2D eigenvalue weighted by molar-refractivity contribution is 0.0612. The predicted octanol–water partition coefficient (Wildman–Crippen LogP) is 4.10. The molecule has 0 atom stereocenters. The first kappa shape index (κ1) is 13.2. The highest BCUT2D eigenvalue weighted by Crippen LogP contribution is 2.12. The number of rotatable bonds is 6. The Bertz CT molecular complexity index is 391. The molecule has 90 valence electrons. The van der Waals surface area contributed by atoms with Crippen molar-refractivity contribution in [1.29, 1.82) is 0 Å². The molecule has 1 aromatic carbocycles.